The van der Waals surface area contributed by atoms with Gasteiger partial charge in [0.2, 0.25) is 5.91 Å². The molecule has 25 heavy (non-hydrogen) atoms. The van der Waals surface area contributed by atoms with E-state index in [-0.39, 0.29) is 11.3 Å². The highest BCUT2D eigenvalue weighted by Crippen LogP contribution is 2.34. The van der Waals surface area contributed by atoms with E-state index in [1.165, 1.54) is 5.56 Å². The summed E-state index contributed by atoms with van der Waals surface area (Å²) in [6.07, 6.45) is 2.21. The second-order valence-corrected chi connectivity index (χ2v) is 6.56. The molecule has 1 amide bonds. The average molecular weight is 339 g/mol. The van der Waals surface area contributed by atoms with Crippen LogP contribution >= 0.6 is 0 Å². The van der Waals surface area contributed by atoms with Crippen molar-refractivity contribution in [1.29, 1.82) is 0 Å². The molecule has 1 heterocycles. The number of ether oxygens (including phenoxy) is 2. The summed E-state index contributed by atoms with van der Waals surface area (Å²) in [7, 11) is 1.63. The fourth-order valence-corrected chi connectivity index (χ4v) is 3.42. The normalized spacial score (nSPS) is 16.2. The number of benzene rings is 2. The topological polar surface area (TPSA) is 47.6 Å². The molecule has 1 saturated heterocycles. The molecule has 4 heteroatoms. The smallest absolute Gasteiger partial charge is 0.224 e. The van der Waals surface area contributed by atoms with E-state index in [2.05, 4.69) is 29.6 Å². The van der Waals surface area contributed by atoms with Crippen molar-refractivity contribution in [1.82, 2.24) is 5.32 Å². The van der Waals surface area contributed by atoms with Crippen molar-refractivity contribution in [3.63, 3.8) is 0 Å². The molecule has 0 saturated carbocycles. The van der Waals surface area contributed by atoms with Gasteiger partial charge >= 0.3 is 0 Å². The zero-order valence-electron chi connectivity index (χ0n) is 14.7. The van der Waals surface area contributed by atoms with Crippen molar-refractivity contribution in [2.24, 2.45) is 0 Å². The molecule has 0 radical (unpaired) electrons. The van der Waals surface area contributed by atoms with E-state index in [1.54, 1.807) is 7.11 Å². The molecule has 2 aromatic carbocycles. The van der Waals surface area contributed by atoms with Crippen molar-refractivity contribution >= 4 is 5.91 Å². The highest BCUT2D eigenvalue weighted by Gasteiger charge is 2.34. The molecule has 0 unspecified atom stereocenters. The van der Waals surface area contributed by atoms with E-state index in [0.717, 1.165) is 37.4 Å². The van der Waals surface area contributed by atoms with Crippen LogP contribution in [0.2, 0.25) is 0 Å². The summed E-state index contributed by atoms with van der Waals surface area (Å²) < 4.78 is 10.8. The Morgan fingerprint density at radius 3 is 2.60 bits per heavy atom. The average Bonchev–Trinajstić information content (AvgIpc) is 2.68. The van der Waals surface area contributed by atoms with Crippen LogP contribution in [0.25, 0.3) is 0 Å². The SMILES string of the molecule is COc1cccc(CC(=O)NCC2(c3ccccc3)CCOCC2)c1. The Morgan fingerprint density at radius 2 is 1.88 bits per heavy atom. The summed E-state index contributed by atoms with van der Waals surface area (Å²) in [5.74, 6) is 0.811. The predicted octanol–water partition coefficient (Wildman–Crippen LogP) is 3.10. The second-order valence-electron chi connectivity index (χ2n) is 6.56. The van der Waals surface area contributed by atoms with Gasteiger partial charge in [-0.15, -0.1) is 0 Å². The molecular formula is C21H25NO3. The van der Waals surface area contributed by atoms with Crippen LogP contribution in [0, 0.1) is 0 Å². The zero-order valence-corrected chi connectivity index (χ0v) is 14.7. The third-order valence-electron chi connectivity index (χ3n) is 4.96. The second kappa shape index (κ2) is 8.17. The number of methoxy groups -OCH3 is 1. The van der Waals surface area contributed by atoms with Crippen LogP contribution in [0.3, 0.4) is 0 Å². The molecular weight excluding hydrogens is 314 g/mol. The van der Waals surface area contributed by atoms with E-state index in [0.29, 0.717) is 13.0 Å². The quantitative estimate of drug-likeness (QED) is 0.880. The minimum atomic E-state index is -0.0381. The Morgan fingerprint density at radius 1 is 1.12 bits per heavy atom. The van der Waals surface area contributed by atoms with E-state index < -0.39 is 0 Å². The lowest BCUT2D eigenvalue weighted by atomic mass is 9.74. The third kappa shape index (κ3) is 4.40. The number of amides is 1. The molecule has 4 nitrogen and oxygen atoms in total. The van der Waals surface area contributed by atoms with Gasteiger partial charge < -0.3 is 14.8 Å². The Bertz CT molecular complexity index is 693. The standard InChI is InChI=1S/C21H25NO3/c1-24-19-9-5-6-17(14-19)15-20(23)22-16-21(10-12-25-13-11-21)18-7-3-2-4-8-18/h2-9,14H,10-13,15-16H2,1H3,(H,22,23). The molecule has 1 aliphatic heterocycles. The van der Waals surface area contributed by atoms with Crippen LogP contribution in [-0.2, 0) is 21.4 Å². The van der Waals surface area contributed by atoms with E-state index in [4.69, 9.17) is 9.47 Å². The van der Waals surface area contributed by atoms with Gasteiger partial charge in [0.25, 0.3) is 0 Å². The molecule has 0 spiro atoms. The number of carbonyl (C=O) groups excluding carboxylic acids is 1. The highest BCUT2D eigenvalue weighted by molar-refractivity contribution is 5.78. The maximum absolute atomic E-state index is 12.4. The molecule has 3 rings (SSSR count). The molecule has 1 N–H and O–H groups in total. The van der Waals surface area contributed by atoms with Crippen LogP contribution in [0.4, 0.5) is 0 Å². The van der Waals surface area contributed by atoms with Gasteiger partial charge in [-0.25, -0.2) is 0 Å². The van der Waals surface area contributed by atoms with Gasteiger partial charge in [0, 0.05) is 25.2 Å². The number of nitrogens with one attached hydrogen (secondary N) is 1. The van der Waals surface area contributed by atoms with Crippen molar-refractivity contribution in [3.05, 3.63) is 65.7 Å². The van der Waals surface area contributed by atoms with Gasteiger partial charge in [-0.2, -0.15) is 0 Å². The van der Waals surface area contributed by atoms with Crippen LogP contribution in [0.5, 0.6) is 5.75 Å². The molecule has 0 aromatic heterocycles. The lowest BCUT2D eigenvalue weighted by Crippen LogP contribution is -2.45. The highest BCUT2D eigenvalue weighted by atomic mass is 16.5. The number of hydrogen-bond donors (Lipinski definition) is 1. The van der Waals surface area contributed by atoms with E-state index in [9.17, 15) is 4.79 Å². The van der Waals surface area contributed by atoms with Crippen molar-refractivity contribution < 1.29 is 14.3 Å². The number of carbonyl (C=O) groups is 1. The summed E-state index contributed by atoms with van der Waals surface area (Å²) in [6, 6.07) is 18.1. The number of hydrogen-bond acceptors (Lipinski definition) is 3. The molecule has 1 fully saturated rings. The molecule has 0 bridgehead atoms. The monoisotopic (exact) mass is 339 g/mol. The largest absolute Gasteiger partial charge is 0.497 e. The van der Waals surface area contributed by atoms with Crippen LogP contribution in [0.15, 0.2) is 54.6 Å². The first-order valence-electron chi connectivity index (χ1n) is 8.75. The summed E-state index contributed by atoms with van der Waals surface area (Å²) in [5, 5.41) is 3.14. The molecule has 132 valence electrons. The summed E-state index contributed by atoms with van der Waals surface area (Å²) in [6.45, 7) is 2.12. The van der Waals surface area contributed by atoms with Gasteiger partial charge in [0.05, 0.1) is 13.5 Å². The molecule has 0 aliphatic carbocycles. The zero-order chi connectivity index (χ0) is 17.5. The van der Waals surface area contributed by atoms with Gasteiger partial charge in [-0.05, 0) is 36.1 Å². The van der Waals surface area contributed by atoms with Gasteiger partial charge in [0.15, 0.2) is 0 Å². The molecule has 0 atom stereocenters. The minimum Gasteiger partial charge on any atom is -0.497 e. The van der Waals surface area contributed by atoms with Crippen LogP contribution in [0.1, 0.15) is 24.0 Å². The predicted molar refractivity (Wildman–Crippen MR) is 97.9 cm³/mol. The maximum atomic E-state index is 12.4. The maximum Gasteiger partial charge on any atom is 0.224 e. The first-order valence-corrected chi connectivity index (χ1v) is 8.75. The Hall–Kier alpha value is -2.33. The third-order valence-corrected chi connectivity index (χ3v) is 4.96. The van der Waals surface area contributed by atoms with Crippen molar-refractivity contribution in [3.8, 4) is 5.75 Å². The lowest BCUT2D eigenvalue weighted by Gasteiger charge is -2.38. The molecule has 1 aliphatic rings. The Kier molecular flexibility index (Phi) is 5.71. The first kappa shape index (κ1) is 17.5. The van der Waals surface area contributed by atoms with Gasteiger partial charge in [-0.1, -0.05) is 42.5 Å². The van der Waals surface area contributed by atoms with E-state index in [1.807, 2.05) is 30.3 Å². The summed E-state index contributed by atoms with van der Waals surface area (Å²) >= 11 is 0. The van der Waals surface area contributed by atoms with Gasteiger partial charge in [0.1, 0.15) is 5.75 Å². The number of rotatable bonds is 6. The lowest BCUT2D eigenvalue weighted by molar-refractivity contribution is -0.120. The van der Waals surface area contributed by atoms with Crippen LogP contribution in [-0.4, -0.2) is 32.8 Å². The fraction of sp³-hybridized carbons (Fsp3) is 0.381. The van der Waals surface area contributed by atoms with E-state index >= 15 is 0 Å². The van der Waals surface area contributed by atoms with Crippen molar-refractivity contribution in [2.45, 2.75) is 24.7 Å². The Labute approximate surface area is 149 Å². The minimum absolute atomic E-state index is 0.0371. The fourth-order valence-electron chi connectivity index (χ4n) is 3.42. The molecule has 2 aromatic rings. The van der Waals surface area contributed by atoms with Crippen molar-refractivity contribution in [2.75, 3.05) is 26.9 Å². The summed E-state index contributed by atoms with van der Waals surface area (Å²) in [4.78, 5) is 12.4. The van der Waals surface area contributed by atoms with Gasteiger partial charge in [-0.3, -0.25) is 4.79 Å². The van der Waals surface area contributed by atoms with Crippen LogP contribution < -0.4 is 10.1 Å². The summed E-state index contributed by atoms with van der Waals surface area (Å²) in [5.41, 5.74) is 2.20. The Balaban J connectivity index is 1.65. The first-order chi connectivity index (χ1) is 12.2.